The molecule has 0 saturated carbocycles. The summed E-state index contributed by atoms with van der Waals surface area (Å²) in [4.78, 5) is 12.8. The molecule has 0 saturated heterocycles. The lowest BCUT2D eigenvalue weighted by molar-refractivity contribution is -0.134. The van der Waals surface area contributed by atoms with Crippen LogP contribution in [0.4, 0.5) is 0 Å². The van der Waals surface area contributed by atoms with E-state index in [2.05, 4.69) is 32.1 Å². The molecule has 0 bridgehead atoms. The van der Waals surface area contributed by atoms with E-state index in [4.69, 9.17) is 0 Å². The van der Waals surface area contributed by atoms with Gasteiger partial charge in [0.15, 0.2) is 0 Å². The van der Waals surface area contributed by atoms with E-state index in [0.717, 1.165) is 10.3 Å². The monoisotopic (exact) mass is 289 g/mol. The third-order valence-electron chi connectivity index (χ3n) is 1.72. The lowest BCUT2D eigenvalue weighted by Crippen LogP contribution is -2.10. The highest BCUT2D eigenvalue weighted by Crippen LogP contribution is 2.21. The lowest BCUT2D eigenvalue weighted by Gasteiger charge is -2.11. The summed E-state index contributed by atoms with van der Waals surface area (Å²) in [6, 6.07) is 2.06. The molecule has 0 fully saturated rings. The van der Waals surface area contributed by atoms with Gasteiger partial charge in [0.2, 0.25) is 0 Å². The number of thiophene rings is 1. The quantitative estimate of drug-likeness (QED) is 0.630. The van der Waals surface area contributed by atoms with Gasteiger partial charge in [-0.3, -0.25) is 0 Å². The van der Waals surface area contributed by atoms with E-state index in [1.165, 1.54) is 18.7 Å². The number of rotatable bonds is 4. The molecule has 15 heavy (non-hydrogen) atoms. The summed E-state index contributed by atoms with van der Waals surface area (Å²) in [6.07, 6.45) is 3.11. The van der Waals surface area contributed by atoms with Crippen LogP contribution >= 0.6 is 27.3 Å². The normalized spacial score (nSPS) is 10.6. The van der Waals surface area contributed by atoms with Crippen molar-refractivity contribution in [1.29, 1.82) is 0 Å². The van der Waals surface area contributed by atoms with Crippen LogP contribution in [-0.2, 0) is 16.1 Å². The molecule has 1 heterocycles. The molecule has 5 heteroatoms. The zero-order chi connectivity index (χ0) is 11.3. The van der Waals surface area contributed by atoms with Crippen LogP contribution in [0.3, 0.4) is 0 Å². The molecule has 0 spiro atoms. The highest BCUT2D eigenvalue weighted by atomic mass is 79.9. The van der Waals surface area contributed by atoms with E-state index in [-0.39, 0.29) is 5.97 Å². The first-order valence-electron chi connectivity index (χ1n) is 4.31. The van der Waals surface area contributed by atoms with Gasteiger partial charge in [-0.1, -0.05) is 0 Å². The van der Waals surface area contributed by atoms with Crippen molar-refractivity contribution in [2.24, 2.45) is 0 Å². The molecule has 1 aromatic rings. The summed E-state index contributed by atoms with van der Waals surface area (Å²) in [6.45, 7) is 0.773. The zero-order valence-corrected chi connectivity index (χ0v) is 11.0. The zero-order valence-electron chi connectivity index (χ0n) is 8.57. The summed E-state index contributed by atoms with van der Waals surface area (Å²) < 4.78 is 5.61. The van der Waals surface area contributed by atoms with Crippen LogP contribution in [0, 0.1) is 0 Å². The topological polar surface area (TPSA) is 29.5 Å². The van der Waals surface area contributed by atoms with Gasteiger partial charge in [0, 0.05) is 25.9 Å². The molecule has 0 aliphatic rings. The van der Waals surface area contributed by atoms with Crippen LogP contribution in [0.5, 0.6) is 0 Å². The van der Waals surface area contributed by atoms with E-state index < -0.39 is 0 Å². The van der Waals surface area contributed by atoms with Gasteiger partial charge in [-0.05, 0) is 32.9 Å². The smallest absolute Gasteiger partial charge is 0.331 e. The number of ether oxygens (including phenoxy) is 1. The molecular weight excluding hydrogens is 278 g/mol. The van der Waals surface area contributed by atoms with E-state index in [1.807, 2.05) is 11.9 Å². The first-order valence-corrected chi connectivity index (χ1v) is 5.98. The Morgan fingerprint density at radius 3 is 3.00 bits per heavy atom. The number of methoxy groups -OCH3 is 1. The van der Waals surface area contributed by atoms with Crippen LogP contribution in [0.25, 0.3) is 0 Å². The number of hydrogen-bond acceptors (Lipinski definition) is 4. The van der Waals surface area contributed by atoms with Crippen LogP contribution in [0.1, 0.15) is 5.56 Å². The average Bonchev–Trinajstić information content (AvgIpc) is 2.60. The summed E-state index contributed by atoms with van der Waals surface area (Å²) in [7, 11) is 3.27. The maximum Gasteiger partial charge on any atom is 0.331 e. The molecular formula is C10H12BrNO2S. The third kappa shape index (κ3) is 4.48. The number of halogens is 1. The second-order valence-corrected chi connectivity index (χ2v) is 5.30. The molecule has 1 rings (SSSR count). The first-order chi connectivity index (χ1) is 7.11. The second-order valence-electron chi connectivity index (χ2n) is 3.01. The predicted octanol–water partition coefficient (Wildman–Crippen LogP) is 2.63. The van der Waals surface area contributed by atoms with Gasteiger partial charge in [0.05, 0.1) is 10.9 Å². The van der Waals surface area contributed by atoms with Crippen molar-refractivity contribution in [3.05, 3.63) is 33.1 Å². The largest absolute Gasteiger partial charge is 0.466 e. The number of carbonyl (C=O) groups excluding carboxylic acids is 1. The van der Waals surface area contributed by atoms with Gasteiger partial charge in [0.1, 0.15) is 0 Å². The van der Waals surface area contributed by atoms with Crippen LogP contribution in [0.15, 0.2) is 27.5 Å². The summed E-state index contributed by atoms with van der Waals surface area (Å²) in [5, 5.41) is 2.08. The number of carbonyl (C=O) groups is 1. The summed E-state index contributed by atoms with van der Waals surface area (Å²) >= 11 is 5.05. The first kappa shape index (κ1) is 12.3. The van der Waals surface area contributed by atoms with Crippen molar-refractivity contribution in [2.45, 2.75) is 6.54 Å². The maximum atomic E-state index is 10.8. The fourth-order valence-electron chi connectivity index (χ4n) is 1.03. The van der Waals surface area contributed by atoms with Crippen molar-refractivity contribution < 1.29 is 9.53 Å². The van der Waals surface area contributed by atoms with E-state index >= 15 is 0 Å². The van der Waals surface area contributed by atoms with Crippen molar-refractivity contribution in [3.8, 4) is 0 Å². The van der Waals surface area contributed by atoms with E-state index in [1.54, 1.807) is 17.5 Å². The van der Waals surface area contributed by atoms with Crippen LogP contribution in [-0.4, -0.2) is 25.0 Å². The Kier molecular flexibility index (Phi) is 4.84. The maximum absolute atomic E-state index is 10.8. The molecule has 0 aromatic carbocycles. The molecule has 3 nitrogen and oxygen atoms in total. The Labute approximate surface area is 101 Å². The molecule has 82 valence electrons. The minimum absolute atomic E-state index is 0.339. The summed E-state index contributed by atoms with van der Waals surface area (Å²) in [5.74, 6) is -0.339. The van der Waals surface area contributed by atoms with Gasteiger partial charge in [-0.2, -0.15) is 0 Å². The van der Waals surface area contributed by atoms with E-state index in [9.17, 15) is 4.79 Å². The predicted molar refractivity (Wildman–Crippen MR) is 64.6 cm³/mol. The fourth-order valence-corrected chi connectivity index (χ4v) is 2.23. The highest BCUT2D eigenvalue weighted by Gasteiger charge is 1.99. The minimum atomic E-state index is -0.339. The Bertz CT molecular complexity index is 362. The molecule has 0 aliphatic heterocycles. The lowest BCUT2D eigenvalue weighted by atomic mass is 10.3. The van der Waals surface area contributed by atoms with Crippen LogP contribution in [0.2, 0.25) is 0 Å². The number of nitrogens with zero attached hydrogens (tertiary/aromatic N) is 1. The van der Waals surface area contributed by atoms with Crippen molar-refractivity contribution >= 4 is 33.2 Å². The minimum Gasteiger partial charge on any atom is -0.466 e. The SMILES string of the molecule is COC(=O)C=CN(C)Cc1csc(Br)c1. The van der Waals surface area contributed by atoms with Crippen molar-refractivity contribution in [3.63, 3.8) is 0 Å². The molecule has 0 amide bonds. The van der Waals surface area contributed by atoms with Gasteiger partial charge in [0.25, 0.3) is 0 Å². The standard InChI is InChI=1S/C10H12BrNO2S/c1-12(4-3-10(13)14-2)6-8-5-9(11)15-7-8/h3-5,7H,6H2,1-2H3. The number of esters is 1. The molecule has 0 atom stereocenters. The van der Waals surface area contributed by atoms with Gasteiger partial charge in [-0.25, -0.2) is 4.79 Å². The third-order valence-corrected chi connectivity index (χ3v) is 3.27. The molecule has 0 unspecified atom stereocenters. The Morgan fingerprint density at radius 1 is 1.73 bits per heavy atom. The molecule has 0 N–H and O–H groups in total. The fraction of sp³-hybridized carbons (Fsp3) is 0.300. The Balaban J connectivity index is 2.45. The molecule has 0 radical (unpaired) electrons. The van der Waals surface area contributed by atoms with Gasteiger partial charge in [-0.15, -0.1) is 11.3 Å². The second kappa shape index (κ2) is 5.92. The Hall–Kier alpha value is -0.810. The van der Waals surface area contributed by atoms with Crippen molar-refractivity contribution in [1.82, 2.24) is 4.90 Å². The van der Waals surface area contributed by atoms with E-state index in [0.29, 0.717) is 0 Å². The summed E-state index contributed by atoms with van der Waals surface area (Å²) in [5.41, 5.74) is 1.21. The molecule has 0 aliphatic carbocycles. The average molecular weight is 290 g/mol. The van der Waals surface area contributed by atoms with Crippen molar-refractivity contribution in [2.75, 3.05) is 14.2 Å². The molecule has 1 aromatic heterocycles. The Morgan fingerprint density at radius 2 is 2.47 bits per heavy atom. The highest BCUT2D eigenvalue weighted by molar-refractivity contribution is 9.11. The van der Waals surface area contributed by atoms with Gasteiger partial charge >= 0.3 is 5.97 Å². The van der Waals surface area contributed by atoms with Gasteiger partial charge < -0.3 is 9.64 Å². The van der Waals surface area contributed by atoms with Crippen LogP contribution < -0.4 is 0 Å². The number of hydrogen-bond donors (Lipinski definition) is 0.